The summed E-state index contributed by atoms with van der Waals surface area (Å²) in [5, 5.41) is 3.37. The Bertz CT molecular complexity index is 422. The van der Waals surface area contributed by atoms with Crippen molar-refractivity contribution in [3.05, 3.63) is 29.8 Å². The summed E-state index contributed by atoms with van der Waals surface area (Å²) >= 11 is 0. The Labute approximate surface area is 122 Å². The van der Waals surface area contributed by atoms with Crippen molar-refractivity contribution in [2.45, 2.75) is 46.2 Å². The molecule has 0 aliphatic heterocycles. The van der Waals surface area contributed by atoms with E-state index in [1.54, 1.807) is 0 Å². The van der Waals surface area contributed by atoms with E-state index < -0.39 is 0 Å². The van der Waals surface area contributed by atoms with E-state index in [-0.39, 0.29) is 11.4 Å². The topological polar surface area (TPSA) is 58.4 Å². The molecule has 0 saturated heterocycles. The third-order valence-corrected chi connectivity index (χ3v) is 3.45. The van der Waals surface area contributed by atoms with Crippen molar-refractivity contribution in [2.75, 3.05) is 18.0 Å². The standard InChI is InChI=1S/C16H27N3O/c1-5-19(6-2)14-9-7-13(8-10-14)12-18-16(3,4)11-15(17)20/h7-10,18H,5-6,11-12H2,1-4H3,(H2,17,20). The normalized spacial score (nSPS) is 11.4. The molecule has 0 unspecified atom stereocenters. The van der Waals surface area contributed by atoms with Gasteiger partial charge in [0.2, 0.25) is 5.91 Å². The highest BCUT2D eigenvalue weighted by Crippen LogP contribution is 2.16. The fourth-order valence-corrected chi connectivity index (χ4v) is 2.25. The average molecular weight is 277 g/mol. The van der Waals surface area contributed by atoms with Crippen LogP contribution in [0.3, 0.4) is 0 Å². The average Bonchev–Trinajstić information content (AvgIpc) is 2.38. The lowest BCUT2D eigenvalue weighted by molar-refractivity contribution is -0.119. The van der Waals surface area contributed by atoms with Gasteiger partial charge in [-0.3, -0.25) is 4.79 Å². The predicted molar refractivity (Wildman–Crippen MR) is 84.7 cm³/mol. The molecule has 20 heavy (non-hydrogen) atoms. The zero-order chi connectivity index (χ0) is 15.2. The highest BCUT2D eigenvalue weighted by molar-refractivity contribution is 5.75. The van der Waals surface area contributed by atoms with Gasteiger partial charge in [-0.05, 0) is 45.4 Å². The zero-order valence-electron chi connectivity index (χ0n) is 13.1. The molecule has 0 spiro atoms. The van der Waals surface area contributed by atoms with E-state index in [0.29, 0.717) is 6.42 Å². The number of nitrogens with one attached hydrogen (secondary N) is 1. The summed E-state index contributed by atoms with van der Waals surface area (Å²) < 4.78 is 0. The molecule has 112 valence electrons. The molecule has 0 radical (unpaired) electrons. The van der Waals surface area contributed by atoms with Crippen LogP contribution in [0.1, 0.15) is 39.7 Å². The second kappa shape index (κ2) is 7.29. The molecule has 0 atom stereocenters. The molecule has 0 fully saturated rings. The number of nitrogens with two attached hydrogens (primary N) is 1. The molecule has 0 bridgehead atoms. The first-order valence-corrected chi connectivity index (χ1v) is 7.25. The quantitative estimate of drug-likeness (QED) is 0.766. The van der Waals surface area contributed by atoms with Gasteiger partial charge in [-0.25, -0.2) is 0 Å². The van der Waals surface area contributed by atoms with Crippen LogP contribution in [0.5, 0.6) is 0 Å². The monoisotopic (exact) mass is 277 g/mol. The molecular formula is C16H27N3O. The molecule has 1 rings (SSSR count). The van der Waals surface area contributed by atoms with E-state index in [1.807, 2.05) is 13.8 Å². The van der Waals surface area contributed by atoms with Crippen LogP contribution in [0.2, 0.25) is 0 Å². The lowest BCUT2D eigenvalue weighted by Crippen LogP contribution is -2.42. The number of amides is 1. The van der Waals surface area contributed by atoms with Gasteiger partial charge in [-0.2, -0.15) is 0 Å². The van der Waals surface area contributed by atoms with Gasteiger partial charge in [-0.1, -0.05) is 12.1 Å². The number of hydrogen-bond acceptors (Lipinski definition) is 3. The van der Waals surface area contributed by atoms with Crippen LogP contribution >= 0.6 is 0 Å². The summed E-state index contributed by atoms with van der Waals surface area (Å²) in [5.41, 5.74) is 7.42. The van der Waals surface area contributed by atoms with Crippen molar-refractivity contribution in [1.29, 1.82) is 0 Å². The lowest BCUT2D eigenvalue weighted by atomic mass is 10.00. The van der Waals surface area contributed by atoms with Crippen LogP contribution in [0.25, 0.3) is 0 Å². The fourth-order valence-electron chi connectivity index (χ4n) is 2.25. The summed E-state index contributed by atoms with van der Waals surface area (Å²) in [4.78, 5) is 13.3. The highest BCUT2D eigenvalue weighted by Gasteiger charge is 2.19. The second-order valence-electron chi connectivity index (χ2n) is 5.72. The Morgan fingerprint density at radius 1 is 1.20 bits per heavy atom. The van der Waals surface area contributed by atoms with Gasteiger partial charge in [0.05, 0.1) is 0 Å². The summed E-state index contributed by atoms with van der Waals surface area (Å²) in [6.45, 7) is 11.1. The van der Waals surface area contributed by atoms with Crippen LogP contribution in [-0.4, -0.2) is 24.5 Å². The molecule has 0 aliphatic rings. The van der Waals surface area contributed by atoms with Crippen molar-refractivity contribution in [2.24, 2.45) is 5.73 Å². The van der Waals surface area contributed by atoms with E-state index >= 15 is 0 Å². The minimum absolute atomic E-state index is 0.274. The molecular weight excluding hydrogens is 250 g/mol. The molecule has 0 heterocycles. The third kappa shape index (κ3) is 5.21. The fraction of sp³-hybridized carbons (Fsp3) is 0.562. The van der Waals surface area contributed by atoms with Gasteiger partial charge < -0.3 is 16.0 Å². The van der Waals surface area contributed by atoms with Crippen molar-refractivity contribution >= 4 is 11.6 Å². The second-order valence-corrected chi connectivity index (χ2v) is 5.72. The molecule has 1 aromatic rings. The Morgan fingerprint density at radius 2 is 1.75 bits per heavy atom. The molecule has 4 nitrogen and oxygen atoms in total. The Balaban J connectivity index is 2.60. The van der Waals surface area contributed by atoms with Crippen LogP contribution in [0.4, 0.5) is 5.69 Å². The summed E-state index contributed by atoms with van der Waals surface area (Å²) in [6, 6.07) is 8.54. The van der Waals surface area contributed by atoms with Crippen molar-refractivity contribution in [3.63, 3.8) is 0 Å². The first-order valence-electron chi connectivity index (χ1n) is 7.25. The van der Waals surface area contributed by atoms with Crippen molar-refractivity contribution in [3.8, 4) is 0 Å². The molecule has 4 heteroatoms. The zero-order valence-corrected chi connectivity index (χ0v) is 13.1. The van der Waals surface area contributed by atoms with E-state index in [0.717, 1.165) is 19.6 Å². The minimum Gasteiger partial charge on any atom is -0.372 e. The van der Waals surface area contributed by atoms with E-state index in [2.05, 4.69) is 48.3 Å². The van der Waals surface area contributed by atoms with Crippen LogP contribution in [0.15, 0.2) is 24.3 Å². The van der Waals surface area contributed by atoms with Crippen LogP contribution in [-0.2, 0) is 11.3 Å². The maximum atomic E-state index is 11.0. The number of nitrogens with zero attached hydrogens (tertiary/aromatic N) is 1. The SMILES string of the molecule is CCN(CC)c1ccc(CNC(C)(C)CC(N)=O)cc1. The minimum atomic E-state index is -0.278. The van der Waals surface area contributed by atoms with Gasteiger partial charge in [0, 0.05) is 37.3 Å². The molecule has 0 aliphatic carbocycles. The molecule has 1 aromatic carbocycles. The van der Waals surface area contributed by atoms with E-state index in [4.69, 9.17) is 5.73 Å². The van der Waals surface area contributed by atoms with Crippen molar-refractivity contribution < 1.29 is 4.79 Å². The first-order chi connectivity index (χ1) is 9.38. The van der Waals surface area contributed by atoms with Crippen molar-refractivity contribution in [1.82, 2.24) is 5.32 Å². The maximum Gasteiger partial charge on any atom is 0.219 e. The highest BCUT2D eigenvalue weighted by atomic mass is 16.1. The number of benzene rings is 1. The summed E-state index contributed by atoms with van der Waals surface area (Å²) in [6.07, 6.45) is 0.338. The molecule has 3 N–H and O–H groups in total. The number of hydrogen-bond donors (Lipinski definition) is 2. The number of rotatable bonds is 8. The Hall–Kier alpha value is -1.55. The number of carbonyl (C=O) groups excluding carboxylic acids is 1. The Kier molecular flexibility index (Phi) is 6.02. The van der Waals surface area contributed by atoms with Gasteiger partial charge in [0.25, 0.3) is 0 Å². The smallest absolute Gasteiger partial charge is 0.219 e. The number of carbonyl (C=O) groups is 1. The van der Waals surface area contributed by atoms with Crippen LogP contribution < -0.4 is 16.0 Å². The first kappa shape index (κ1) is 16.5. The summed E-state index contributed by atoms with van der Waals surface area (Å²) in [5.74, 6) is -0.278. The predicted octanol–water partition coefficient (Wildman–Crippen LogP) is 2.28. The molecule has 0 aromatic heterocycles. The lowest BCUT2D eigenvalue weighted by Gasteiger charge is -2.25. The summed E-state index contributed by atoms with van der Waals surface area (Å²) in [7, 11) is 0. The molecule has 1 amide bonds. The van der Waals surface area contributed by atoms with Gasteiger partial charge in [0.1, 0.15) is 0 Å². The van der Waals surface area contributed by atoms with E-state index in [1.165, 1.54) is 11.3 Å². The molecule has 0 saturated carbocycles. The van der Waals surface area contributed by atoms with Crippen LogP contribution in [0, 0.1) is 0 Å². The number of anilines is 1. The van der Waals surface area contributed by atoms with Gasteiger partial charge >= 0.3 is 0 Å². The largest absolute Gasteiger partial charge is 0.372 e. The Morgan fingerprint density at radius 3 is 2.20 bits per heavy atom. The third-order valence-electron chi connectivity index (χ3n) is 3.45. The van der Waals surface area contributed by atoms with Gasteiger partial charge in [0.15, 0.2) is 0 Å². The van der Waals surface area contributed by atoms with E-state index in [9.17, 15) is 4.79 Å². The number of primary amides is 1. The van der Waals surface area contributed by atoms with Gasteiger partial charge in [-0.15, -0.1) is 0 Å². The maximum absolute atomic E-state index is 11.0.